The summed E-state index contributed by atoms with van der Waals surface area (Å²) in [5, 5.41) is 2.83. The van der Waals surface area contributed by atoms with E-state index in [1.54, 1.807) is 11.9 Å². The normalized spacial score (nSPS) is 16.4. The lowest BCUT2D eigenvalue weighted by atomic mass is 9.86. The Kier molecular flexibility index (Phi) is 5.73. The number of aryl methyl sites for hydroxylation is 1. The average molecular weight is 380 g/mol. The summed E-state index contributed by atoms with van der Waals surface area (Å²) >= 11 is 0. The number of ether oxygens (including phenoxy) is 1. The quantitative estimate of drug-likeness (QED) is 0.864. The van der Waals surface area contributed by atoms with Gasteiger partial charge in [0.1, 0.15) is 5.75 Å². The molecule has 2 aromatic carbocycles. The Bertz CT molecular complexity index is 853. The van der Waals surface area contributed by atoms with Crippen LogP contribution in [0.5, 0.6) is 5.75 Å². The van der Waals surface area contributed by atoms with Crippen LogP contribution in [0.15, 0.2) is 48.5 Å². The molecule has 0 aromatic heterocycles. The van der Waals surface area contributed by atoms with Crippen molar-refractivity contribution in [2.45, 2.75) is 45.1 Å². The zero-order valence-electron chi connectivity index (χ0n) is 17.0. The van der Waals surface area contributed by atoms with E-state index in [0.717, 1.165) is 11.3 Å². The SMILES string of the molecule is CN1C(=O)C(CNC(=O)CCc2ccc(C(C)(C)C)cc2)Oc2ccccc21. The fourth-order valence-electron chi connectivity index (χ4n) is 3.23. The summed E-state index contributed by atoms with van der Waals surface area (Å²) in [4.78, 5) is 26.2. The number of nitrogens with zero attached hydrogens (tertiary/aromatic N) is 1. The molecule has 28 heavy (non-hydrogen) atoms. The van der Waals surface area contributed by atoms with E-state index in [0.29, 0.717) is 18.6 Å². The maximum Gasteiger partial charge on any atom is 0.269 e. The fraction of sp³-hybridized carbons (Fsp3) is 0.391. The Balaban J connectivity index is 1.50. The van der Waals surface area contributed by atoms with Gasteiger partial charge in [-0.15, -0.1) is 0 Å². The number of amides is 2. The first kappa shape index (κ1) is 19.9. The second kappa shape index (κ2) is 8.05. The highest BCUT2D eigenvalue weighted by Crippen LogP contribution is 2.32. The van der Waals surface area contributed by atoms with Crippen LogP contribution >= 0.6 is 0 Å². The van der Waals surface area contributed by atoms with Crippen LogP contribution in [0, 0.1) is 0 Å². The molecule has 0 bridgehead atoms. The predicted molar refractivity (Wildman–Crippen MR) is 111 cm³/mol. The van der Waals surface area contributed by atoms with Crippen LogP contribution in [0.25, 0.3) is 0 Å². The fourth-order valence-corrected chi connectivity index (χ4v) is 3.23. The molecule has 0 fully saturated rings. The van der Waals surface area contributed by atoms with Gasteiger partial charge in [0.25, 0.3) is 5.91 Å². The van der Waals surface area contributed by atoms with Crippen molar-refractivity contribution in [2.75, 3.05) is 18.5 Å². The summed E-state index contributed by atoms with van der Waals surface area (Å²) in [6, 6.07) is 15.8. The van der Waals surface area contributed by atoms with Crippen LogP contribution in [-0.2, 0) is 21.4 Å². The number of nitrogens with one attached hydrogen (secondary N) is 1. The molecule has 1 aliphatic heterocycles. The summed E-state index contributed by atoms with van der Waals surface area (Å²) in [6.07, 6.45) is 0.343. The van der Waals surface area contributed by atoms with Crippen molar-refractivity contribution in [3.8, 4) is 5.75 Å². The Morgan fingerprint density at radius 3 is 2.46 bits per heavy atom. The minimum absolute atomic E-state index is 0.0854. The molecule has 3 rings (SSSR count). The number of benzene rings is 2. The van der Waals surface area contributed by atoms with Gasteiger partial charge in [0.15, 0.2) is 6.10 Å². The van der Waals surface area contributed by atoms with Gasteiger partial charge >= 0.3 is 0 Å². The highest BCUT2D eigenvalue weighted by molar-refractivity contribution is 5.99. The molecular formula is C23H28N2O3. The second-order valence-electron chi connectivity index (χ2n) is 8.22. The molecule has 1 aliphatic rings. The van der Waals surface area contributed by atoms with Gasteiger partial charge in [-0.05, 0) is 35.1 Å². The van der Waals surface area contributed by atoms with E-state index in [1.807, 2.05) is 24.3 Å². The number of hydrogen-bond donors (Lipinski definition) is 1. The first-order valence-electron chi connectivity index (χ1n) is 9.65. The first-order valence-corrected chi connectivity index (χ1v) is 9.65. The van der Waals surface area contributed by atoms with E-state index in [2.05, 4.69) is 50.4 Å². The average Bonchev–Trinajstić information content (AvgIpc) is 2.67. The van der Waals surface area contributed by atoms with Crippen molar-refractivity contribution in [1.29, 1.82) is 0 Å². The molecule has 2 amide bonds. The third-order valence-corrected chi connectivity index (χ3v) is 5.05. The van der Waals surface area contributed by atoms with Gasteiger partial charge in [0.2, 0.25) is 5.91 Å². The van der Waals surface area contributed by atoms with Crippen LogP contribution in [-0.4, -0.2) is 31.5 Å². The number of anilines is 1. The van der Waals surface area contributed by atoms with E-state index >= 15 is 0 Å². The first-order chi connectivity index (χ1) is 13.3. The van der Waals surface area contributed by atoms with Gasteiger partial charge in [-0.1, -0.05) is 57.2 Å². The molecule has 148 valence electrons. The molecule has 0 spiro atoms. The third-order valence-electron chi connectivity index (χ3n) is 5.05. The molecule has 0 aliphatic carbocycles. The van der Waals surface area contributed by atoms with Crippen LogP contribution in [0.2, 0.25) is 0 Å². The van der Waals surface area contributed by atoms with E-state index < -0.39 is 6.10 Å². The number of fused-ring (bicyclic) bond motifs is 1. The summed E-state index contributed by atoms with van der Waals surface area (Å²) in [5.41, 5.74) is 3.27. The molecule has 0 radical (unpaired) electrons. The standard InChI is InChI=1S/C23H28N2O3/c1-23(2,3)17-12-9-16(10-13-17)11-14-21(26)24-15-20-22(27)25(4)18-7-5-6-8-19(18)28-20/h5-10,12-13,20H,11,14-15H2,1-4H3,(H,24,26). The lowest BCUT2D eigenvalue weighted by Gasteiger charge is -2.31. The number of para-hydroxylation sites is 2. The van der Waals surface area contributed by atoms with Crippen LogP contribution in [0.1, 0.15) is 38.3 Å². The van der Waals surface area contributed by atoms with Gasteiger partial charge in [0.05, 0.1) is 12.2 Å². The van der Waals surface area contributed by atoms with Gasteiger partial charge in [-0.3, -0.25) is 9.59 Å². The maximum atomic E-state index is 12.4. The molecule has 2 aromatic rings. The van der Waals surface area contributed by atoms with Gasteiger partial charge in [-0.25, -0.2) is 0 Å². The minimum atomic E-state index is -0.699. The van der Waals surface area contributed by atoms with Crippen molar-refractivity contribution in [2.24, 2.45) is 0 Å². The summed E-state index contributed by atoms with van der Waals surface area (Å²) in [5.74, 6) is 0.414. The Morgan fingerprint density at radius 2 is 1.79 bits per heavy atom. The van der Waals surface area contributed by atoms with Crippen LogP contribution < -0.4 is 15.0 Å². The Morgan fingerprint density at radius 1 is 1.11 bits per heavy atom. The smallest absolute Gasteiger partial charge is 0.269 e. The molecular weight excluding hydrogens is 352 g/mol. The van der Waals surface area contributed by atoms with Gasteiger partial charge in [0, 0.05) is 13.5 Å². The molecule has 1 N–H and O–H groups in total. The molecule has 5 heteroatoms. The Labute approximate surface area is 166 Å². The minimum Gasteiger partial charge on any atom is -0.477 e. The molecule has 1 atom stereocenters. The second-order valence-corrected chi connectivity index (χ2v) is 8.22. The number of likely N-dealkylation sites (N-methyl/N-ethyl adjacent to an activating group) is 1. The molecule has 0 saturated heterocycles. The van der Waals surface area contributed by atoms with E-state index in [4.69, 9.17) is 4.74 Å². The van der Waals surface area contributed by atoms with Crippen molar-refractivity contribution in [1.82, 2.24) is 5.32 Å². The molecule has 1 heterocycles. The van der Waals surface area contributed by atoms with E-state index in [-0.39, 0.29) is 23.8 Å². The molecule has 0 saturated carbocycles. The van der Waals surface area contributed by atoms with E-state index in [1.165, 1.54) is 5.56 Å². The highest BCUT2D eigenvalue weighted by atomic mass is 16.5. The zero-order valence-corrected chi connectivity index (χ0v) is 17.0. The van der Waals surface area contributed by atoms with Crippen molar-refractivity contribution in [3.05, 3.63) is 59.7 Å². The van der Waals surface area contributed by atoms with Gasteiger partial charge < -0.3 is 15.0 Å². The van der Waals surface area contributed by atoms with Crippen LogP contribution in [0.4, 0.5) is 5.69 Å². The number of hydrogen-bond acceptors (Lipinski definition) is 3. The monoisotopic (exact) mass is 380 g/mol. The third kappa shape index (κ3) is 4.53. The summed E-state index contributed by atoms with van der Waals surface area (Å²) in [6.45, 7) is 6.71. The number of carbonyl (C=O) groups is 2. The topological polar surface area (TPSA) is 58.6 Å². The summed E-state index contributed by atoms with van der Waals surface area (Å²) in [7, 11) is 1.72. The summed E-state index contributed by atoms with van der Waals surface area (Å²) < 4.78 is 5.77. The molecule has 5 nitrogen and oxygen atoms in total. The van der Waals surface area contributed by atoms with Crippen molar-refractivity contribution < 1.29 is 14.3 Å². The lowest BCUT2D eigenvalue weighted by molar-refractivity contribution is -0.127. The van der Waals surface area contributed by atoms with Crippen molar-refractivity contribution >= 4 is 17.5 Å². The highest BCUT2D eigenvalue weighted by Gasteiger charge is 2.32. The zero-order chi connectivity index (χ0) is 20.3. The van der Waals surface area contributed by atoms with E-state index in [9.17, 15) is 9.59 Å². The van der Waals surface area contributed by atoms with Crippen LogP contribution in [0.3, 0.4) is 0 Å². The number of rotatable bonds is 5. The maximum absolute atomic E-state index is 12.4. The number of carbonyl (C=O) groups excluding carboxylic acids is 2. The largest absolute Gasteiger partial charge is 0.477 e. The Hall–Kier alpha value is -2.82. The van der Waals surface area contributed by atoms with Crippen molar-refractivity contribution in [3.63, 3.8) is 0 Å². The lowest BCUT2D eigenvalue weighted by Crippen LogP contribution is -2.49. The molecule has 1 unspecified atom stereocenters. The predicted octanol–water partition coefficient (Wildman–Crippen LogP) is 3.46. The van der Waals surface area contributed by atoms with Gasteiger partial charge in [-0.2, -0.15) is 0 Å².